The zero-order valence-corrected chi connectivity index (χ0v) is 14.5. The van der Waals surface area contributed by atoms with Gasteiger partial charge in [-0.3, -0.25) is 9.59 Å². The van der Waals surface area contributed by atoms with Crippen LogP contribution >= 0.6 is 0 Å². The predicted molar refractivity (Wildman–Crippen MR) is 86.4 cm³/mol. The number of quaternary nitrogens is 1. The lowest BCUT2D eigenvalue weighted by molar-refractivity contribution is -0.915. The Labute approximate surface area is 147 Å². The minimum Gasteiger partial charge on any atom is -0.370 e. The molecule has 136 valence electrons. The lowest BCUT2D eigenvalue weighted by Gasteiger charge is -2.58. The summed E-state index contributed by atoms with van der Waals surface area (Å²) in [5.74, 6) is 0.668. The largest absolute Gasteiger partial charge is 0.370 e. The van der Waals surface area contributed by atoms with E-state index in [2.05, 4.69) is 0 Å². The summed E-state index contributed by atoms with van der Waals surface area (Å²) < 4.78 is 5.34. The number of carbonyl (C=O) groups excluding carboxylic acids is 3. The molecule has 6 aliphatic rings. The second kappa shape index (κ2) is 5.51. The van der Waals surface area contributed by atoms with Crippen molar-refractivity contribution in [3.63, 3.8) is 0 Å². The molecule has 2 aliphatic heterocycles. The van der Waals surface area contributed by atoms with Gasteiger partial charge in [-0.1, -0.05) is 0 Å². The molecule has 0 aromatic carbocycles. The molecule has 0 unspecified atom stereocenters. The smallest absolute Gasteiger partial charge is 0.339 e. The number of carbonyl (C=O) groups is 3. The summed E-state index contributed by atoms with van der Waals surface area (Å²) in [7, 11) is 0. The second-order valence-corrected chi connectivity index (χ2v) is 8.82. The van der Waals surface area contributed by atoms with Crippen molar-refractivity contribution in [1.29, 1.82) is 0 Å². The summed E-state index contributed by atoms with van der Waals surface area (Å²) in [6.07, 6.45) is 6.44. The Kier molecular flexibility index (Phi) is 3.47. The zero-order valence-electron chi connectivity index (χ0n) is 14.5. The fourth-order valence-electron chi connectivity index (χ4n) is 6.44. The fourth-order valence-corrected chi connectivity index (χ4v) is 6.44. The highest BCUT2D eigenvalue weighted by Crippen LogP contribution is 2.58. The molecule has 4 saturated carbocycles. The molecule has 0 aromatic rings. The number of nitrogens with zero attached hydrogens (tertiary/aromatic N) is 2. The predicted octanol–water partition coefficient (Wildman–Crippen LogP) is -0.381. The minimum absolute atomic E-state index is 0.287. The third-order valence-electron chi connectivity index (χ3n) is 7.12. The third-order valence-corrected chi connectivity index (χ3v) is 7.12. The van der Waals surface area contributed by atoms with Gasteiger partial charge in [-0.15, -0.1) is 0 Å². The van der Waals surface area contributed by atoms with Crippen molar-refractivity contribution in [3.8, 4) is 0 Å². The van der Waals surface area contributed by atoms with Crippen molar-refractivity contribution >= 4 is 17.8 Å². The Bertz CT molecular complexity index is 593. The average molecular weight is 348 g/mol. The zero-order chi connectivity index (χ0) is 17.2. The summed E-state index contributed by atoms with van der Waals surface area (Å²) in [6.45, 7) is 3.09. The van der Waals surface area contributed by atoms with Crippen LogP contribution in [-0.4, -0.2) is 66.2 Å². The molecule has 7 nitrogen and oxygen atoms in total. The van der Waals surface area contributed by atoms with Gasteiger partial charge in [-0.25, -0.2) is 14.6 Å². The van der Waals surface area contributed by atoms with E-state index in [-0.39, 0.29) is 18.2 Å². The number of ether oxygens (including phenoxy) is 1. The molecule has 1 N–H and O–H groups in total. The van der Waals surface area contributed by atoms with Crippen molar-refractivity contribution < 1.29 is 24.0 Å². The third kappa shape index (κ3) is 2.35. The number of imide groups is 2. The van der Waals surface area contributed by atoms with E-state index in [4.69, 9.17) is 4.74 Å². The topological polar surface area (TPSA) is 71.4 Å². The van der Waals surface area contributed by atoms with E-state index in [0.717, 1.165) is 37.3 Å². The van der Waals surface area contributed by atoms with E-state index in [0.29, 0.717) is 31.0 Å². The van der Waals surface area contributed by atoms with Crippen LogP contribution in [0.4, 0.5) is 4.79 Å². The van der Waals surface area contributed by atoms with Crippen molar-refractivity contribution in [1.82, 2.24) is 9.80 Å². The van der Waals surface area contributed by atoms with E-state index in [1.807, 2.05) is 0 Å². The molecule has 2 heterocycles. The first kappa shape index (κ1) is 15.8. The van der Waals surface area contributed by atoms with Crippen LogP contribution in [0.25, 0.3) is 0 Å². The lowest BCUT2D eigenvalue weighted by atomic mass is 9.52. The number of nitrogens with one attached hydrogen (secondary N) is 1. The summed E-state index contributed by atoms with van der Waals surface area (Å²) in [4.78, 5) is 42.1. The highest BCUT2D eigenvalue weighted by Gasteiger charge is 2.61. The maximum Gasteiger partial charge on any atom is 0.339 e. The minimum atomic E-state index is -0.625. The molecule has 7 heteroatoms. The number of morpholine rings is 1. The summed E-state index contributed by atoms with van der Waals surface area (Å²) >= 11 is 0. The van der Waals surface area contributed by atoms with Crippen LogP contribution in [-0.2, 0) is 14.3 Å². The van der Waals surface area contributed by atoms with E-state index in [9.17, 15) is 14.4 Å². The molecule has 0 aromatic heterocycles. The van der Waals surface area contributed by atoms with E-state index in [1.54, 1.807) is 0 Å². The highest BCUT2D eigenvalue weighted by atomic mass is 16.5. The van der Waals surface area contributed by atoms with Gasteiger partial charge in [-0.2, -0.15) is 0 Å². The molecule has 25 heavy (non-hydrogen) atoms. The second-order valence-electron chi connectivity index (χ2n) is 8.82. The van der Waals surface area contributed by atoms with Crippen molar-refractivity contribution in [2.45, 2.75) is 44.1 Å². The summed E-state index contributed by atoms with van der Waals surface area (Å²) in [5.41, 5.74) is -0.381. The van der Waals surface area contributed by atoms with Gasteiger partial charge in [0.2, 0.25) is 0 Å². The molecule has 0 atom stereocenters. The van der Waals surface area contributed by atoms with Gasteiger partial charge in [-0.05, 0) is 56.3 Å². The lowest BCUT2D eigenvalue weighted by Crippen LogP contribution is -3.15. The van der Waals surface area contributed by atoms with Crippen LogP contribution in [0.2, 0.25) is 0 Å². The van der Waals surface area contributed by atoms with Crippen molar-refractivity contribution in [3.05, 3.63) is 0 Å². The molecular formula is C18H26N3O4+. The first-order chi connectivity index (χ1) is 12.1. The van der Waals surface area contributed by atoms with E-state index < -0.39 is 11.8 Å². The quantitative estimate of drug-likeness (QED) is 0.557. The number of hydrogen-bond acceptors (Lipinski definition) is 4. The van der Waals surface area contributed by atoms with Crippen LogP contribution in [0, 0.1) is 17.8 Å². The Hall–Kier alpha value is -1.47. The van der Waals surface area contributed by atoms with E-state index >= 15 is 0 Å². The highest BCUT2D eigenvalue weighted by molar-refractivity contribution is 6.44. The monoisotopic (exact) mass is 348 g/mol. The van der Waals surface area contributed by atoms with Crippen LogP contribution in [0.1, 0.15) is 38.5 Å². The standard InChI is InChI=1S/C18H25N3O4/c22-15-16(23)21(17(24)20(15)11-19-1-3-25-4-2-19)18-8-12-5-13(9-18)7-14(6-12)10-18/h12-14H,1-11H2/p+1. The average Bonchev–Trinajstić information content (AvgIpc) is 2.78. The molecule has 0 radical (unpaired) electrons. The Morgan fingerprint density at radius 3 is 2.04 bits per heavy atom. The number of amides is 4. The Balaban J connectivity index is 1.39. The Morgan fingerprint density at radius 2 is 1.48 bits per heavy atom. The maximum absolute atomic E-state index is 13.1. The van der Waals surface area contributed by atoms with Crippen LogP contribution in [0.3, 0.4) is 0 Å². The molecule has 4 amide bonds. The molecule has 0 spiro atoms. The normalized spacial score (nSPS) is 41.3. The molecule has 6 fully saturated rings. The first-order valence-electron chi connectivity index (χ1n) is 9.67. The van der Waals surface area contributed by atoms with E-state index in [1.165, 1.54) is 29.1 Å². The van der Waals surface area contributed by atoms with Crippen LogP contribution in [0.5, 0.6) is 0 Å². The van der Waals surface area contributed by atoms with Crippen molar-refractivity contribution in [2.75, 3.05) is 33.0 Å². The van der Waals surface area contributed by atoms with Crippen molar-refractivity contribution in [2.24, 2.45) is 17.8 Å². The van der Waals surface area contributed by atoms with Gasteiger partial charge in [0, 0.05) is 0 Å². The number of rotatable bonds is 3. The van der Waals surface area contributed by atoms with Crippen LogP contribution in [0.15, 0.2) is 0 Å². The molecular weight excluding hydrogens is 322 g/mol. The van der Waals surface area contributed by atoms with Gasteiger partial charge < -0.3 is 9.64 Å². The molecule has 2 saturated heterocycles. The fraction of sp³-hybridized carbons (Fsp3) is 0.833. The SMILES string of the molecule is O=C1C(=O)N(C23CC4CC(CC(C4)C2)C3)C(=O)N1C[NH+]1CCOCC1. The maximum atomic E-state index is 13.1. The number of urea groups is 1. The number of hydrogen-bond donors (Lipinski definition) is 1. The summed E-state index contributed by atoms with van der Waals surface area (Å²) in [6, 6.07) is -0.365. The van der Waals surface area contributed by atoms with Gasteiger partial charge >= 0.3 is 17.8 Å². The molecule has 4 aliphatic carbocycles. The molecule has 4 bridgehead atoms. The van der Waals surface area contributed by atoms with Gasteiger partial charge in [0.15, 0.2) is 6.67 Å². The van der Waals surface area contributed by atoms with Gasteiger partial charge in [0.25, 0.3) is 0 Å². The Morgan fingerprint density at radius 1 is 0.920 bits per heavy atom. The first-order valence-corrected chi connectivity index (χ1v) is 9.67. The van der Waals surface area contributed by atoms with Gasteiger partial charge in [0.1, 0.15) is 13.1 Å². The van der Waals surface area contributed by atoms with Gasteiger partial charge in [0.05, 0.1) is 18.8 Å². The van der Waals surface area contributed by atoms with Crippen LogP contribution < -0.4 is 4.90 Å². The molecule has 6 rings (SSSR count). The summed E-state index contributed by atoms with van der Waals surface area (Å²) in [5, 5.41) is 0.